The van der Waals surface area contributed by atoms with Crippen molar-refractivity contribution in [3.8, 4) is 0 Å². The van der Waals surface area contributed by atoms with Gasteiger partial charge in [-0.15, -0.1) is 11.3 Å². The molecule has 0 bridgehead atoms. The van der Waals surface area contributed by atoms with Gasteiger partial charge in [-0.05, 0) is 44.7 Å². The van der Waals surface area contributed by atoms with Crippen LogP contribution in [0.3, 0.4) is 0 Å². The van der Waals surface area contributed by atoms with E-state index in [-0.39, 0.29) is 6.04 Å². The topological polar surface area (TPSA) is 41.0 Å². The zero-order valence-corrected chi connectivity index (χ0v) is 14.4. The van der Waals surface area contributed by atoms with Crippen molar-refractivity contribution in [2.45, 2.75) is 39.7 Å². The first-order chi connectivity index (χ1) is 10.6. The molecule has 0 aliphatic carbocycles. The molecule has 0 saturated carbocycles. The van der Waals surface area contributed by atoms with Crippen molar-refractivity contribution in [3.05, 3.63) is 34.3 Å². The molecule has 2 unspecified atom stereocenters. The third-order valence-corrected chi connectivity index (χ3v) is 5.37. The quantitative estimate of drug-likeness (QED) is 0.915. The molecule has 2 aromatic rings. The Morgan fingerprint density at radius 1 is 1.36 bits per heavy atom. The molecule has 22 heavy (non-hydrogen) atoms. The summed E-state index contributed by atoms with van der Waals surface area (Å²) in [5.74, 6) is 2.69. The number of nitrogens with one attached hydrogen (secondary N) is 1. The average Bonchev–Trinajstić information content (AvgIpc) is 2.94. The molecule has 0 aromatic carbocycles. The highest BCUT2D eigenvalue weighted by Gasteiger charge is 2.18. The summed E-state index contributed by atoms with van der Waals surface area (Å²) in [5, 5.41) is 3.49. The molecule has 5 heteroatoms. The van der Waals surface area contributed by atoms with E-state index in [1.54, 1.807) is 6.33 Å². The van der Waals surface area contributed by atoms with Gasteiger partial charge in [0.25, 0.3) is 0 Å². The predicted molar refractivity (Wildman–Crippen MR) is 93.7 cm³/mol. The number of aryl methyl sites for hydroxylation is 1. The van der Waals surface area contributed by atoms with Crippen LogP contribution in [0.25, 0.3) is 0 Å². The van der Waals surface area contributed by atoms with Crippen LogP contribution in [0.4, 0.5) is 11.6 Å². The van der Waals surface area contributed by atoms with E-state index in [0.717, 1.165) is 30.6 Å². The fourth-order valence-corrected chi connectivity index (χ4v) is 3.86. The van der Waals surface area contributed by atoms with Crippen LogP contribution in [0.5, 0.6) is 0 Å². The van der Waals surface area contributed by atoms with E-state index in [9.17, 15) is 0 Å². The zero-order valence-electron chi connectivity index (χ0n) is 13.5. The molecule has 3 heterocycles. The van der Waals surface area contributed by atoms with Crippen molar-refractivity contribution < 1.29 is 0 Å². The van der Waals surface area contributed by atoms with Crippen LogP contribution in [0, 0.1) is 12.8 Å². The van der Waals surface area contributed by atoms with Crippen LogP contribution >= 0.6 is 11.3 Å². The number of piperidine rings is 1. The highest BCUT2D eigenvalue weighted by molar-refractivity contribution is 7.12. The van der Waals surface area contributed by atoms with Crippen LogP contribution in [-0.4, -0.2) is 23.1 Å². The van der Waals surface area contributed by atoms with E-state index in [4.69, 9.17) is 0 Å². The number of rotatable bonds is 4. The van der Waals surface area contributed by atoms with E-state index >= 15 is 0 Å². The van der Waals surface area contributed by atoms with Crippen molar-refractivity contribution in [2.24, 2.45) is 5.92 Å². The summed E-state index contributed by atoms with van der Waals surface area (Å²) in [6.07, 6.45) is 4.24. The highest BCUT2D eigenvalue weighted by Crippen LogP contribution is 2.27. The number of nitrogens with zero attached hydrogens (tertiary/aromatic N) is 3. The molecule has 0 spiro atoms. The summed E-state index contributed by atoms with van der Waals surface area (Å²) in [6, 6.07) is 6.70. The Balaban J connectivity index is 1.71. The number of hydrogen-bond donors (Lipinski definition) is 1. The minimum absolute atomic E-state index is 0.265. The lowest BCUT2D eigenvalue weighted by Crippen LogP contribution is -2.34. The first-order valence-corrected chi connectivity index (χ1v) is 8.83. The summed E-state index contributed by atoms with van der Waals surface area (Å²) in [4.78, 5) is 13.9. The molecule has 3 rings (SSSR count). The molecule has 118 valence electrons. The fourth-order valence-electron chi connectivity index (χ4n) is 2.98. The molecular formula is C17H24N4S. The van der Waals surface area contributed by atoms with Crippen molar-refractivity contribution in [2.75, 3.05) is 23.3 Å². The summed E-state index contributed by atoms with van der Waals surface area (Å²) < 4.78 is 0. The van der Waals surface area contributed by atoms with E-state index in [1.165, 1.54) is 22.6 Å². The number of aromatic nitrogens is 2. The second kappa shape index (κ2) is 6.65. The van der Waals surface area contributed by atoms with Crippen LogP contribution in [0.1, 0.15) is 42.5 Å². The van der Waals surface area contributed by atoms with Crippen molar-refractivity contribution >= 4 is 23.0 Å². The molecular weight excluding hydrogens is 292 g/mol. The van der Waals surface area contributed by atoms with Gasteiger partial charge in [-0.2, -0.15) is 0 Å². The molecule has 1 fully saturated rings. The Morgan fingerprint density at radius 3 is 2.95 bits per heavy atom. The molecule has 0 amide bonds. The summed E-state index contributed by atoms with van der Waals surface area (Å²) in [7, 11) is 0. The van der Waals surface area contributed by atoms with Crippen LogP contribution < -0.4 is 10.2 Å². The van der Waals surface area contributed by atoms with Crippen molar-refractivity contribution in [1.29, 1.82) is 0 Å². The Kier molecular flexibility index (Phi) is 4.62. The number of thiophene rings is 1. The molecule has 1 N–H and O–H groups in total. The average molecular weight is 316 g/mol. The molecule has 1 saturated heterocycles. The lowest BCUT2D eigenvalue weighted by molar-refractivity contribution is 0.444. The first-order valence-electron chi connectivity index (χ1n) is 8.01. The maximum absolute atomic E-state index is 4.46. The minimum Gasteiger partial charge on any atom is -0.363 e. The van der Waals surface area contributed by atoms with Gasteiger partial charge >= 0.3 is 0 Å². The SMILES string of the molecule is Cc1ccc(C(C)Nc2cc(N3CCCC(C)C3)ncn2)s1. The van der Waals surface area contributed by atoms with Crippen LogP contribution in [-0.2, 0) is 0 Å². The molecule has 0 radical (unpaired) electrons. The monoisotopic (exact) mass is 316 g/mol. The minimum atomic E-state index is 0.265. The van der Waals surface area contributed by atoms with Gasteiger partial charge in [0.1, 0.15) is 18.0 Å². The van der Waals surface area contributed by atoms with Gasteiger partial charge in [-0.1, -0.05) is 6.92 Å². The summed E-state index contributed by atoms with van der Waals surface area (Å²) in [5.41, 5.74) is 0. The van der Waals surface area contributed by atoms with Gasteiger partial charge in [0.2, 0.25) is 0 Å². The maximum Gasteiger partial charge on any atom is 0.134 e. The van der Waals surface area contributed by atoms with Gasteiger partial charge in [-0.25, -0.2) is 9.97 Å². The molecule has 1 aliphatic heterocycles. The maximum atomic E-state index is 4.46. The third kappa shape index (κ3) is 3.58. The second-order valence-corrected chi connectivity index (χ2v) is 7.59. The van der Waals surface area contributed by atoms with Gasteiger partial charge in [0.15, 0.2) is 0 Å². The first kappa shape index (κ1) is 15.3. The Bertz CT molecular complexity index is 625. The van der Waals surface area contributed by atoms with E-state index in [2.05, 4.69) is 59.2 Å². The molecule has 1 aliphatic rings. The standard InChI is InChI=1S/C17H24N4S/c1-12-5-4-8-21(10-12)17-9-16(18-11-19-17)20-14(3)15-7-6-13(2)22-15/h6-7,9,11-12,14H,4-5,8,10H2,1-3H3,(H,18,19,20). The summed E-state index contributed by atoms with van der Waals surface area (Å²) in [6.45, 7) is 8.82. The zero-order chi connectivity index (χ0) is 15.5. The normalized spacial score (nSPS) is 20.0. The predicted octanol–water partition coefficient (Wildman–Crippen LogP) is 4.26. The lowest BCUT2D eigenvalue weighted by atomic mass is 10.0. The fraction of sp³-hybridized carbons (Fsp3) is 0.529. The van der Waals surface area contributed by atoms with Crippen LogP contribution in [0.2, 0.25) is 0 Å². The number of anilines is 2. The van der Waals surface area contributed by atoms with E-state index < -0.39 is 0 Å². The van der Waals surface area contributed by atoms with Crippen LogP contribution in [0.15, 0.2) is 24.5 Å². The molecule has 2 aromatic heterocycles. The molecule has 2 atom stereocenters. The van der Waals surface area contributed by atoms with E-state index in [1.807, 2.05) is 11.3 Å². The van der Waals surface area contributed by atoms with Crippen molar-refractivity contribution in [3.63, 3.8) is 0 Å². The van der Waals surface area contributed by atoms with Gasteiger partial charge < -0.3 is 10.2 Å². The number of hydrogen-bond acceptors (Lipinski definition) is 5. The Morgan fingerprint density at radius 2 is 2.23 bits per heavy atom. The van der Waals surface area contributed by atoms with Gasteiger partial charge in [-0.3, -0.25) is 0 Å². The van der Waals surface area contributed by atoms with Gasteiger partial charge in [0.05, 0.1) is 6.04 Å². The van der Waals surface area contributed by atoms with E-state index in [0.29, 0.717) is 0 Å². The smallest absolute Gasteiger partial charge is 0.134 e. The molecule has 4 nitrogen and oxygen atoms in total. The summed E-state index contributed by atoms with van der Waals surface area (Å²) >= 11 is 1.83. The Hall–Kier alpha value is -1.62. The largest absolute Gasteiger partial charge is 0.363 e. The second-order valence-electron chi connectivity index (χ2n) is 6.27. The van der Waals surface area contributed by atoms with Gasteiger partial charge in [0, 0.05) is 28.9 Å². The highest BCUT2D eigenvalue weighted by atomic mass is 32.1. The van der Waals surface area contributed by atoms with Crippen molar-refractivity contribution in [1.82, 2.24) is 9.97 Å². The third-order valence-electron chi connectivity index (χ3n) is 4.19. The lowest BCUT2D eigenvalue weighted by Gasteiger charge is -2.31. The Labute approximate surface area is 136 Å².